The van der Waals surface area contributed by atoms with Crippen LogP contribution in [0.15, 0.2) is 60.8 Å². The maximum absolute atomic E-state index is 13.0. The molecule has 0 bridgehead atoms. The van der Waals surface area contributed by atoms with Crippen molar-refractivity contribution in [3.63, 3.8) is 0 Å². The molecule has 0 aliphatic carbocycles. The van der Waals surface area contributed by atoms with E-state index >= 15 is 0 Å². The number of alkyl halides is 3. The molecule has 1 aliphatic rings. The number of aromatic amines is 1. The number of aromatic nitrogens is 1. The number of amides is 2. The monoisotopic (exact) mass is 506 g/mol. The minimum atomic E-state index is -5.08. The fourth-order valence-electron chi connectivity index (χ4n) is 3.41. The molecule has 36 heavy (non-hydrogen) atoms. The molecule has 1 atom stereocenters. The lowest BCUT2D eigenvalue weighted by Gasteiger charge is -2.17. The van der Waals surface area contributed by atoms with Gasteiger partial charge in [0.1, 0.15) is 11.5 Å². The molecule has 1 aliphatic heterocycles. The van der Waals surface area contributed by atoms with Crippen LogP contribution in [0.25, 0.3) is 0 Å². The van der Waals surface area contributed by atoms with Gasteiger partial charge in [0.15, 0.2) is 0 Å². The first-order valence-corrected chi connectivity index (χ1v) is 10.7. The molecule has 0 saturated carbocycles. The third kappa shape index (κ3) is 7.15. The van der Waals surface area contributed by atoms with E-state index in [1.165, 1.54) is 24.3 Å². The molecule has 0 radical (unpaired) electrons. The third-order valence-corrected chi connectivity index (χ3v) is 5.21. The molecule has 1 aromatic heterocycles. The van der Waals surface area contributed by atoms with Crippen LogP contribution in [0.2, 0.25) is 0 Å². The molecule has 12 heteroatoms. The first-order valence-electron chi connectivity index (χ1n) is 10.7. The van der Waals surface area contributed by atoms with Crippen molar-refractivity contribution in [2.24, 2.45) is 0 Å². The van der Waals surface area contributed by atoms with Crippen molar-refractivity contribution in [1.29, 1.82) is 0 Å². The Hall–Kier alpha value is -4.19. The highest BCUT2D eigenvalue weighted by Gasteiger charge is 2.38. The van der Waals surface area contributed by atoms with E-state index in [9.17, 15) is 27.2 Å². The number of rotatable bonds is 5. The van der Waals surface area contributed by atoms with Crippen LogP contribution >= 0.6 is 0 Å². The summed E-state index contributed by atoms with van der Waals surface area (Å²) in [6, 6.07) is 15.0. The maximum Gasteiger partial charge on any atom is 0.490 e. The van der Waals surface area contributed by atoms with Gasteiger partial charge < -0.3 is 26.0 Å². The van der Waals surface area contributed by atoms with Crippen molar-refractivity contribution in [2.45, 2.75) is 25.2 Å². The lowest BCUT2D eigenvalue weighted by atomic mass is 10.0. The Bertz CT molecular complexity index is 1210. The van der Waals surface area contributed by atoms with Gasteiger partial charge in [0.05, 0.1) is 0 Å². The molecule has 4 rings (SSSR count). The summed E-state index contributed by atoms with van der Waals surface area (Å²) < 4.78 is 44.7. The maximum atomic E-state index is 13.0. The van der Waals surface area contributed by atoms with Crippen molar-refractivity contribution in [2.75, 3.05) is 11.9 Å². The smallest absolute Gasteiger partial charge is 0.475 e. The molecule has 2 heterocycles. The summed E-state index contributed by atoms with van der Waals surface area (Å²) >= 11 is 0. The van der Waals surface area contributed by atoms with Gasteiger partial charge in [0, 0.05) is 36.6 Å². The topological polar surface area (TPSA) is 123 Å². The molecule has 0 fully saturated rings. The summed E-state index contributed by atoms with van der Waals surface area (Å²) in [4.78, 5) is 36.1. The number of H-pyrrole nitrogens is 1. The standard InChI is InChI=1S/C22H21FN4O2.C2HF3O2/c23-16-5-3-15(4-6-16)21(28)27-17-7-1-14(2-8-17)13-26-19-10-12-25-22(29)20-18(19)9-11-24-20;3-2(4,5)1(6)7/h1-9,11,19,24,26H,10,12-13H2,(H,25,29)(H,27,28);(H,6,7). The molecule has 2 amide bonds. The van der Waals surface area contributed by atoms with Crippen molar-refractivity contribution in [3.8, 4) is 0 Å². The normalized spacial score (nSPS) is 15.0. The summed E-state index contributed by atoms with van der Waals surface area (Å²) in [5, 5.41) is 16.3. The fraction of sp³-hybridized carbons (Fsp3) is 0.208. The highest BCUT2D eigenvalue weighted by Crippen LogP contribution is 2.23. The predicted molar refractivity (Wildman–Crippen MR) is 122 cm³/mol. The van der Waals surface area contributed by atoms with E-state index in [1.807, 2.05) is 30.3 Å². The number of aliphatic carboxylic acids is 1. The Morgan fingerprint density at radius 3 is 2.28 bits per heavy atom. The van der Waals surface area contributed by atoms with E-state index in [0.29, 0.717) is 30.0 Å². The number of hydrogen-bond acceptors (Lipinski definition) is 4. The van der Waals surface area contributed by atoms with Gasteiger partial charge in [0.2, 0.25) is 0 Å². The van der Waals surface area contributed by atoms with E-state index < -0.39 is 12.1 Å². The van der Waals surface area contributed by atoms with Crippen LogP contribution in [0.4, 0.5) is 23.2 Å². The van der Waals surface area contributed by atoms with E-state index in [4.69, 9.17) is 9.90 Å². The Morgan fingerprint density at radius 2 is 1.67 bits per heavy atom. The average Bonchev–Trinajstić information content (AvgIpc) is 3.27. The second-order valence-corrected chi connectivity index (χ2v) is 7.75. The largest absolute Gasteiger partial charge is 0.490 e. The van der Waals surface area contributed by atoms with Gasteiger partial charge in [-0.05, 0) is 60.0 Å². The lowest BCUT2D eigenvalue weighted by Crippen LogP contribution is -2.24. The number of carbonyl (C=O) groups is 3. The number of carboxylic acid groups (broad SMARTS) is 1. The number of hydrogen-bond donors (Lipinski definition) is 5. The number of carbonyl (C=O) groups excluding carboxylic acids is 2. The second-order valence-electron chi connectivity index (χ2n) is 7.75. The summed E-state index contributed by atoms with van der Waals surface area (Å²) in [6.45, 7) is 1.25. The van der Waals surface area contributed by atoms with E-state index in [0.717, 1.165) is 17.5 Å². The third-order valence-electron chi connectivity index (χ3n) is 5.21. The van der Waals surface area contributed by atoms with Crippen molar-refractivity contribution < 1.29 is 37.1 Å². The van der Waals surface area contributed by atoms with Crippen LogP contribution in [0, 0.1) is 5.82 Å². The zero-order valence-corrected chi connectivity index (χ0v) is 18.7. The number of benzene rings is 2. The van der Waals surface area contributed by atoms with Crippen LogP contribution in [0.1, 0.15) is 44.4 Å². The Balaban J connectivity index is 0.000000454. The predicted octanol–water partition coefficient (Wildman–Crippen LogP) is 4.00. The summed E-state index contributed by atoms with van der Waals surface area (Å²) in [5.74, 6) is -3.49. The van der Waals surface area contributed by atoms with E-state index in [-0.39, 0.29) is 23.7 Å². The first-order chi connectivity index (χ1) is 17.0. The molecule has 0 spiro atoms. The van der Waals surface area contributed by atoms with Crippen molar-refractivity contribution in [1.82, 2.24) is 15.6 Å². The number of anilines is 1. The minimum Gasteiger partial charge on any atom is -0.475 e. The highest BCUT2D eigenvalue weighted by molar-refractivity contribution is 6.04. The minimum absolute atomic E-state index is 0.0736. The molecule has 0 saturated heterocycles. The SMILES string of the molecule is O=C(Nc1ccc(CNC2CCNC(=O)c3[nH]ccc32)cc1)c1ccc(F)cc1.O=C(O)C(F)(F)F. The van der Waals surface area contributed by atoms with Crippen LogP contribution in [-0.2, 0) is 11.3 Å². The molecule has 5 N–H and O–H groups in total. The number of halogens is 4. The molecular weight excluding hydrogens is 484 g/mol. The highest BCUT2D eigenvalue weighted by atomic mass is 19.4. The Morgan fingerprint density at radius 1 is 1.03 bits per heavy atom. The number of fused-ring (bicyclic) bond motifs is 1. The molecule has 3 aromatic rings. The van der Waals surface area contributed by atoms with Gasteiger partial charge in [-0.25, -0.2) is 9.18 Å². The van der Waals surface area contributed by atoms with Crippen LogP contribution in [-0.4, -0.2) is 40.6 Å². The lowest BCUT2D eigenvalue weighted by molar-refractivity contribution is -0.192. The van der Waals surface area contributed by atoms with Crippen LogP contribution in [0.5, 0.6) is 0 Å². The number of carboxylic acids is 1. The van der Waals surface area contributed by atoms with Crippen LogP contribution in [0.3, 0.4) is 0 Å². The van der Waals surface area contributed by atoms with Crippen molar-refractivity contribution in [3.05, 3.63) is 89.0 Å². The van der Waals surface area contributed by atoms with E-state index in [1.54, 1.807) is 6.20 Å². The molecule has 2 aromatic carbocycles. The first kappa shape index (κ1) is 26.4. The zero-order valence-electron chi connectivity index (χ0n) is 18.7. The van der Waals surface area contributed by atoms with Crippen molar-refractivity contribution >= 4 is 23.5 Å². The number of nitrogens with one attached hydrogen (secondary N) is 4. The molecule has 8 nitrogen and oxygen atoms in total. The van der Waals surface area contributed by atoms with E-state index in [2.05, 4.69) is 20.9 Å². The molecule has 1 unspecified atom stereocenters. The average molecular weight is 506 g/mol. The summed E-state index contributed by atoms with van der Waals surface area (Å²) in [7, 11) is 0. The second kappa shape index (κ2) is 11.5. The quantitative estimate of drug-likeness (QED) is 0.335. The van der Waals surface area contributed by atoms with Gasteiger partial charge in [0.25, 0.3) is 11.8 Å². The van der Waals surface area contributed by atoms with Gasteiger partial charge in [-0.1, -0.05) is 12.1 Å². The fourth-order valence-corrected chi connectivity index (χ4v) is 3.41. The molecular formula is C24H22F4N4O4. The van der Waals surface area contributed by atoms with Gasteiger partial charge in [-0.2, -0.15) is 13.2 Å². The van der Waals surface area contributed by atoms with Gasteiger partial charge in [-0.15, -0.1) is 0 Å². The summed E-state index contributed by atoms with van der Waals surface area (Å²) in [6.07, 6.45) is -2.49. The van der Waals surface area contributed by atoms with Gasteiger partial charge >= 0.3 is 12.1 Å². The Labute approximate surface area is 202 Å². The van der Waals surface area contributed by atoms with Crippen LogP contribution < -0.4 is 16.0 Å². The summed E-state index contributed by atoms with van der Waals surface area (Å²) in [5.41, 5.74) is 3.71. The molecule has 190 valence electrons. The zero-order chi connectivity index (χ0) is 26.3. The Kier molecular flexibility index (Phi) is 8.43. The van der Waals surface area contributed by atoms with Gasteiger partial charge in [-0.3, -0.25) is 9.59 Å².